The fraction of sp³-hybridized carbons (Fsp3) is 0.314. The van der Waals surface area contributed by atoms with Gasteiger partial charge in [-0.15, -0.1) is 0 Å². The molecule has 0 spiro atoms. The van der Waals surface area contributed by atoms with Crippen LogP contribution in [-0.2, 0) is 25.8 Å². The van der Waals surface area contributed by atoms with Crippen LogP contribution in [0.5, 0.6) is 0 Å². The first-order chi connectivity index (χ1) is 18.1. The molecule has 1 aliphatic heterocycles. The predicted octanol–water partition coefficient (Wildman–Crippen LogP) is 7.53. The Labute approximate surface area is 223 Å². The van der Waals surface area contributed by atoms with Gasteiger partial charge in [0.2, 0.25) is 0 Å². The van der Waals surface area contributed by atoms with Gasteiger partial charge in [0, 0.05) is 13.1 Å². The largest absolute Gasteiger partial charge is 0.405 e. The van der Waals surface area contributed by atoms with Crippen LogP contribution in [0.1, 0.15) is 58.7 Å². The zero-order valence-corrected chi connectivity index (χ0v) is 22.2. The standard InChI is InChI=1S/C35H40N2/c1-3-29-21-34-22-33(20-28-17-19-37(25-28)24-27-10-5-4-6-11-27)26(2)35(34)23-32(29)16-15-31-13-8-7-12-30(31)14-9-18-36/h4-13,15-16,18,21,23,28,33H,2-3,14,17,19-20,22,24-25,36H2,1H3/b16-15+,18-9-. The quantitative estimate of drug-likeness (QED) is 0.315. The van der Waals surface area contributed by atoms with E-state index < -0.39 is 0 Å². The number of hydrogen-bond acceptors (Lipinski definition) is 2. The number of hydrogen-bond donors (Lipinski definition) is 1. The third-order valence-corrected chi connectivity index (χ3v) is 8.26. The molecule has 0 bridgehead atoms. The monoisotopic (exact) mass is 488 g/mol. The minimum atomic E-state index is 0.574. The molecule has 0 amide bonds. The molecule has 2 unspecified atom stereocenters. The molecule has 3 aromatic carbocycles. The van der Waals surface area contributed by atoms with Crippen LogP contribution < -0.4 is 5.73 Å². The second-order valence-corrected chi connectivity index (χ2v) is 10.8. The normalized spacial score (nSPS) is 19.9. The van der Waals surface area contributed by atoms with E-state index in [1.54, 1.807) is 6.20 Å². The lowest BCUT2D eigenvalue weighted by atomic mass is 9.89. The minimum Gasteiger partial charge on any atom is -0.405 e. The molecule has 1 fully saturated rings. The Morgan fingerprint density at radius 3 is 2.57 bits per heavy atom. The highest BCUT2D eigenvalue weighted by Gasteiger charge is 2.31. The van der Waals surface area contributed by atoms with E-state index >= 15 is 0 Å². The van der Waals surface area contributed by atoms with Crippen LogP contribution in [0.25, 0.3) is 17.7 Å². The van der Waals surface area contributed by atoms with Gasteiger partial charge in [-0.2, -0.15) is 0 Å². The van der Waals surface area contributed by atoms with Gasteiger partial charge in [-0.1, -0.05) is 92.4 Å². The van der Waals surface area contributed by atoms with Gasteiger partial charge in [0.1, 0.15) is 0 Å². The van der Waals surface area contributed by atoms with Crippen molar-refractivity contribution in [3.8, 4) is 0 Å². The van der Waals surface area contributed by atoms with Gasteiger partial charge in [0.25, 0.3) is 0 Å². The van der Waals surface area contributed by atoms with E-state index in [1.807, 2.05) is 6.08 Å². The molecule has 1 aliphatic carbocycles. The molecule has 2 aliphatic rings. The Morgan fingerprint density at radius 2 is 1.76 bits per heavy atom. The van der Waals surface area contributed by atoms with Crippen LogP contribution in [0.3, 0.4) is 0 Å². The van der Waals surface area contributed by atoms with Gasteiger partial charge in [-0.3, -0.25) is 4.90 Å². The smallest absolute Gasteiger partial charge is 0.0233 e. The van der Waals surface area contributed by atoms with E-state index in [4.69, 9.17) is 5.73 Å². The lowest BCUT2D eigenvalue weighted by Crippen LogP contribution is -2.20. The SMILES string of the molecule is C=C1c2cc(/C=C/c3ccccc3C/C=C\N)c(CC)cc2CC1CC1CCN(Cc2ccccc2)C1. The molecule has 0 aromatic heterocycles. The third kappa shape index (κ3) is 5.97. The van der Waals surface area contributed by atoms with Crippen LogP contribution in [-0.4, -0.2) is 18.0 Å². The van der Waals surface area contributed by atoms with Crippen molar-refractivity contribution in [2.24, 2.45) is 17.6 Å². The number of likely N-dealkylation sites (tertiary alicyclic amines) is 1. The van der Waals surface area contributed by atoms with Crippen LogP contribution >= 0.6 is 0 Å². The molecular weight excluding hydrogens is 448 g/mol. The summed E-state index contributed by atoms with van der Waals surface area (Å²) in [4.78, 5) is 2.63. The number of benzene rings is 3. The van der Waals surface area contributed by atoms with Crippen molar-refractivity contribution < 1.29 is 0 Å². The van der Waals surface area contributed by atoms with E-state index in [-0.39, 0.29) is 0 Å². The average molecular weight is 489 g/mol. The second-order valence-electron chi connectivity index (χ2n) is 10.8. The first kappa shape index (κ1) is 25.3. The summed E-state index contributed by atoms with van der Waals surface area (Å²) in [6.07, 6.45) is 13.8. The maximum Gasteiger partial charge on any atom is 0.0233 e. The van der Waals surface area contributed by atoms with Gasteiger partial charge in [0.15, 0.2) is 0 Å². The summed E-state index contributed by atoms with van der Waals surface area (Å²) in [5.74, 6) is 1.34. The first-order valence-corrected chi connectivity index (χ1v) is 13.9. The van der Waals surface area contributed by atoms with E-state index in [9.17, 15) is 0 Å². The fourth-order valence-electron chi connectivity index (χ4n) is 6.23. The van der Waals surface area contributed by atoms with E-state index in [0.717, 1.165) is 31.7 Å². The lowest BCUT2D eigenvalue weighted by Gasteiger charge is -2.19. The summed E-state index contributed by atoms with van der Waals surface area (Å²) in [5.41, 5.74) is 16.5. The number of nitrogens with zero attached hydrogens (tertiary/aromatic N) is 1. The summed E-state index contributed by atoms with van der Waals surface area (Å²) in [6.45, 7) is 10.4. The second kappa shape index (κ2) is 11.8. The summed E-state index contributed by atoms with van der Waals surface area (Å²) >= 11 is 0. The van der Waals surface area contributed by atoms with Gasteiger partial charge in [0.05, 0.1) is 0 Å². The highest BCUT2D eigenvalue weighted by Crippen LogP contribution is 2.42. The number of allylic oxidation sites excluding steroid dienone is 2. The lowest BCUT2D eigenvalue weighted by molar-refractivity contribution is 0.308. The van der Waals surface area contributed by atoms with Gasteiger partial charge in [-0.25, -0.2) is 0 Å². The summed E-state index contributed by atoms with van der Waals surface area (Å²) in [6, 6.07) is 24.3. The minimum absolute atomic E-state index is 0.574. The first-order valence-electron chi connectivity index (χ1n) is 13.9. The molecule has 2 heteroatoms. The summed E-state index contributed by atoms with van der Waals surface area (Å²) in [5, 5.41) is 0. The molecule has 2 nitrogen and oxygen atoms in total. The topological polar surface area (TPSA) is 29.3 Å². The Bertz CT molecular complexity index is 1280. The number of aryl methyl sites for hydroxylation is 1. The Balaban J connectivity index is 1.27. The van der Waals surface area contributed by atoms with Crippen molar-refractivity contribution in [2.45, 2.75) is 45.6 Å². The fourth-order valence-corrected chi connectivity index (χ4v) is 6.23. The summed E-state index contributed by atoms with van der Waals surface area (Å²) < 4.78 is 0. The van der Waals surface area contributed by atoms with Gasteiger partial charge < -0.3 is 5.73 Å². The van der Waals surface area contributed by atoms with Crippen molar-refractivity contribution in [1.82, 2.24) is 4.90 Å². The summed E-state index contributed by atoms with van der Waals surface area (Å²) in [7, 11) is 0. The van der Waals surface area contributed by atoms with Crippen molar-refractivity contribution in [1.29, 1.82) is 0 Å². The van der Waals surface area contributed by atoms with Crippen LogP contribution in [0.15, 0.2) is 85.6 Å². The molecule has 37 heavy (non-hydrogen) atoms. The van der Waals surface area contributed by atoms with E-state index in [2.05, 4.69) is 97.3 Å². The molecule has 2 N–H and O–H groups in total. The zero-order chi connectivity index (χ0) is 25.6. The van der Waals surface area contributed by atoms with Gasteiger partial charge >= 0.3 is 0 Å². The molecular formula is C35H40N2. The third-order valence-electron chi connectivity index (χ3n) is 8.26. The van der Waals surface area contributed by atoms with Gasteiger partial charge in [-0.05, 0) is 107 Å². The molecule has 5 rings (SSSR count). The van der Waals surface area contributed by atoms with Crippen molar-refractivity contribution >= 4 is 17.7 Å². The molecule has 2 atom stereocenters. The number of rotatable bonds is 9. The molecule has 3 aromatic rings. The molecule has 1 saturated heterocycles. The maximum absolute atomic E-state index is 5.59. The Kier molecular flexibility index (Phi) is 8.06. The molecule has 190 valence electrons. The van der Waals surface area contributed by atoms with E-state index in [1.165, 1.54) is 70.4 Å². The Hall–Kier alpha value is -3.36. The van der Waals surface area contributed by atoms with Crippen molar-refractivity contribution in [3.63, 3.8) is 0 Å². The highest BCUT2D eigenvalue weighted by atomic mass is 15.1. The van der Waals surface area contributed by atoms with Crippen LogP contribution in [0.4, 0.5) is 0 Å². The Morgan fingerprint density at radius 1 is 0.973 bits per heavy atom. The van der Waals surface area contributed by atoms with Crippen molar-refractivity contribution in [3.05, 3.63) is 125 Å². The van der Waals surface area contributed by atoms with Crippen LogP contribution in [0, 0.1) is 11.8 Å². The van der Waals surface area contributed by atoms with Crippen LogP contribution in [0.2, 0.25) is 0 Å². The number of nitrogens with two attached hydrogens (primary N) is 1. The van der Waals surface area contributed by atoms with Crippen molar-refractivity contribution in [2.75, 3.05) is 13.1 Å². The highest BCUT2D eigenvalue weighted by molar-refractivity contribution is 5.79. The zero-order valence-electron chi connectivity index (χ0n) is 22.2. The maximum atomic E-state index is 5.59. The van der Waals surface area contributed by atoms with E-state index in [0.29, 0.717) is 5.92 Å². The molecule has 1 heterocycles. The molecule has 0 radical (unpaired) electrons. The number of fused-ring (bicyclic) bond motifs is 1. The predicted molar refractivity (Wildman–Crippen MR) is 159 cm³/mol. The molecule has 0 saturated carbocycles. The average Bonchev–Trinajstić information content (AvgIpc) is 3.49.